The number of aromatic amines is 4. The number of hydrogen-bond acceptors (Lipinski definition) is 3. The van der Waals surface area contributed by atoms with E-state index in [1.807, 2.05) is 12.4 Å². The first-order valence-corrected chi connectivity index (χ1v) is 12.7. The third-order valence-electron chi connectivity index (χ3n) is 6.36. The SMILES string of the molecule is CCc1ccc(-c2c[nH]c(=S)[nH]2)cc1CC.S=c1[nH]cc(-c2cccc(C3CCOCC3)c2)[nH]1. The van der Waals surface area contributed by atoms with E-state index in [9.17, 15) is 0 Å². The Bertz CT molecular complexity index is 1320. The fraction of sp³-hybridized carbons (Fsp3) is 0.333. The molecule has 0 bridgehead atoms. The summed E-state index contributed by atoms with van der Waals surface area (Å²) >= 11 is 10.1. The number of benzene rings is 2. The lowest BCUT2D eigenvalue weighted by Gasteiger charge is -2.22. The van der Waals surface area contributed by atoms with Crippen LogP contribution < -0.4 is 0 Å². The van der Waals surface area contributed by atoms with Gasteiger partial charge in [-0.05, 0) is 96.0 Å². The molecule has 7 heteroatoms. The summed E-state index contributed by atoms with van der Waals surface area (Å²) in [4.78, 5) is 12.3. The van der Waals surface area contributed by atoms with Gasteiger partial charge in [0.1, 0.15) is 0 Å². The molecule has 3 heterocycles. The number of hydrogen-bond donors (Lipinski definition) is 4. The topological polar surface area (TPSA) is 72.4 Å². The summed E-state index contributed by atoms with van der Waals surface area (Å²) < 4.78 is 6.76. The van der Waals surface area contributed by atoms with E-state index in [0.29, 0.717) is 15.5 Å². The fourth-order valence-corrected chi connectivity index (χ4v) is 4.77. The van der Waals surface area contributed by atoms with Crippen molar-refractivity contribution in [2.45, 2.75) is 45.4 Å². The standard InChI is InChI=1S/C14H16N2OS.C13H16N2S/c18-14-15-9-13(16-14)12-3-1-2-11(8-12)10-4-6-17-7-5-10;1-3-9-5-6-11(7-10(9)4-2)12-8-14-13(16)15-12/h1-3,8-10H,4-7H2,(H2,15,16,18);5-8H,3-4H2,1-2H3,(H2,14,15,16). The first-order valence-electron chi connectivity index (χ1n) is 11.9. The Morgan fingerprint density at radius 2 is 1.41 bits per heavy atom. The Kier molecular flexibility index (Phi) is 8.32. The Morgan fingerprint density at radius 3 is 1.97 bits per heavy atom. The van der Waals surface area contributed by atoms with Gasteiger partial charge in [0.25, 0.3) is 0 Å². The first-order chi connectivity index (χ1) is 16.6. The molecule has 0 atom stereocenters. The Labute approximate surface area is 211 Å². The van der Waals surface area contributed by atoms with E-state index >= 15 is 0 Å². The Morgan fingerprint density at radius 1 is 0.794 bits per heavy atom. The monoisotopic (exact) mass is 492 g/mol. The number of rotatable bonds is 5. The zero-order valence-electron chi connectivity index (χ0n) is 19.7. The maximum Gasteiger partial charge on any atom is 0.174 e. The smallest absolute Gasteiger partial charge is 0.174 e. The predicted octanol–water partition coefficient (Wildman–Crippen LogP) is 7.50. The van der Waals surface area contributed by atoms with E-state index in [-0.39, 0.29) is 0 Å². The van der Waals surface area contributed by atoms with Crippen LogP contribution in [0.25, 0.3) is 22.5 Å². The van der Waals surface area contributed by atoms with Crippen LogP contribution in [-0.2, 0) is 17.6 Å². The maximum atomic E-state index is 5.41. The quantitative estimate of drug-likeness (QED) is 0.218. The lowest BCUT2D eigenvalue weighted by Crippen LogP contribution is -2.13. The van der Waals surface area contributed by atoms with Gasteiger partial charge in [-0.1, -0.05) is 44.2 Å². The van der Waals surface area contributed by atoms with Crippen molar-refractivity contribution in [1.29, 1.82) is 0 Å². The number of H-pyrrole nitrogens is 4. The highest BCUT2D eigenvalue weighted by molar-refractivity contribution is 7.71. The number of aromatic nitrogens is 4. The molecule has 1 saturated heterocycles. The second-order valence-corrected chi connectivity index (χ2v) is 9.33. The molecule has 178 valence electrons. The summed E-state index contributed by atoms with van der Waals surface area (Å²) in [6, 6.07) is 15.3. The number of imidazole rings is 2. The van der Waals surface area contributed by atoms with Crippen LogP contribution in [0.15, 0.2) is 54.9 Å². The second kappa shape index (κ2) is 11.6. The van der Waals surface area contributed by atoms with Gasteiger partial charge in [0.15, 0.2) is 9.54 Å². The normalized spacial score (nSPS) is 13.9. The van der Waals surface area contributed by atoms with Crippen LogP contribution in [-0.4, -0.2) is 33.1 Å². The zero-order valence-corrected chi connectivity index (χ0v) is 21.4. The largest absolute Gasteiger partial charge is 0.381 e. The molecule has 0 spiro atoms. The van der Waals surface area contributed by atoms with E-state index in [1.165, 1.54) is 27.8 Å². The van der Waals surface area contributed by atoms with Crippen molar-refractivity contribution in [3.63, 3.8) is 0 Å². The molecule has 5 nitrogen and oxygen atoms in total. The average molecular weight is 493 g/mol. The van der Waals surface area contributed by atoms with Crippen molar-refractivity contribution in [2.24, 2.45) is 0 Å². The summed E-state index contributed by atoms with van der Waals surface area (Å²) in [5, 5.41) is 0. The molecule has 4 aromatic rings. The van der Waals surface area contributed by atoms with Crippen molar-refractivity contribution in [1.82, 2.24) is 19.9 Å². The van der Waals surface area contributed by atoms with E-state index in [4.69, 9.17) is 29.2 Å². The van der Waals surface area contributed by atoms with Gasteiger partial charge < -0.3 is 24.7 Å². The highest BCUT2D eigenvalue weighted by atomic mass is 32.1. The van der Waals surface area contributed by atoms with Gasteiger partial charge in [-0.2, -0.15) is 0 Å². The summed E-state index contributed by atoms with van der Waals surface area (Å²) in [5.74, 6) is 0.626. The van der Waals surface area contributed by atoms with Crippen LogP contribution in [0.1, 0.15) is 49.3 Å². The van der Waals surface area contributed by atoms with Crippen LogP contribution in [0.4, 0.5) is 0 Å². The van der Waals surface area contributed by atoms with Gasteiger partial charge in [0.05, 0.1) is 11.4 Å². The number of aryl methyl sites for hydroxylation is 2. The van der Waals surface area contributed by atoms with Crippen molar-refractivity contribution in [3.8, 4) is 22.5 Å². The fourth-order valence-electron chi connectivity index (χ4n) is 4.43. The molecule has 1 aliphatic rings. The second-order valence-electron chi connectivity index (χ2n) is 8.52. The van der Waals surface area contributed by atoms with E-state index in [0.717, 1.165) is 50.3 Å². The third-order valence-corrected chi connectivity index (χ3v) is 6.80. The summed E-state index contributed by atoms with van der Waals surface area (Å²) in [5.41, 5.74) is 8.74. The first kappa shape index (κ1) is 24.4. The Balaban J connectivity index is 0.000000162. The molecular weight excluding hydrogens is 460 g/mol. The Hall–Kier alpha value is -2.74. The van der Waals surface area contributed by atoms with Crippen molar-refractivity contribution in [2.75, 3.05) is 13.2 Å². The van der Waals surface area contributed by atoms with Gasteiger partial charge in [-0.3, -0.25) is 0 Å². The van der Waals surface area contributed by atoms with Crippen LogP contribution in [0.2, 0.25) is 0 Å². The molecule has 2 aromatic heterocycles. The molecule has 0 aliphatic carbocycles. The minimum Gasteiger partial charge on any atom is -0.381 e. The molecule has 34 heavy (non-hydrogen) atoms. The number of nitrogens with one attached hydrogen (secondary N) is 4. The molecule has 0 amide bonds. The van der Waals surface area contributed by atoms with Crippen LogP contribution in [0, 0.1) is 9.54 Å². The predicted molar refractivity (Wildman–Crippen MR) is 144 cm³/mol. The van der Waals surface area contributed by atoms with E-state index < -0.39 is 0 Å². The van der Waals surface area contributed by atoms with Gasteiger partial charge in [-0.15, -0.1) is 0 Å². The van der Waals surface area contributed by atoms with Gasteiger partial charge in [0.2, 0.25) is 0 Å². The molecule has 0 saturated carbocycles. The van der Waals surface area contributed by atoms with Gasteiger partial charge in [0, 0.05) is 25.6 Å². The molecule has 4 N–H and O–H groups in total. The highest BCUT2D eigenvalue weighted by Gasteiger charge is 2.16. The zero-order chi connectivity index (χ0) is 23.9. The minimum absolute atomic E-state index is 0.626. The van der Waals surface area contributed by atoms with Crippen LogP contribution in [0.3, 0.4) is 0 Å². The van der Waals surface area contributed by atoms with E-state index in [2.05, 4.69) is 76.2 Å². The van der Waals surface area contributed by atoms with Crippen molar-refractivity contribution in [3.05, 3.63) is 81.1 Å². The van der Waals surface area contributed by atoms with Crippen LogP contribution in [0.5, 0.6) is 0 Å². The van der Waals surface area contributed by atoms with Gasteiger partial charge in [-0.25, -0.2) is 0 Å². The highest BCUT2D eigenvalue weighted by Crippen LogP contribution is 2.29. The van der Waals surface area contributed by atoms with Crippen molar-refractivity contribution < 1.29 is 4.74 Å². The maximum absolute atomic E-state index is 5.41. The molecule has 1 aliphatic heterocycles. The third kappa shape index (κ3) is 6.03. The number of ether oxygens (including phenoxy) is 1. The summed E-state index contributed by atoms with van der Waals surface area (Å²) in [6.45, 7) is 6.14. The minimum atomic E-state index is 0.626. The molecule has 0 unspecified atom stereocenters. The average Bonchev–Trinajstić information content (AvgIpc) is 3.53. The molecule has 1 fully saturated rings. The lowest BCUT2D eigenvalue weighted by atomic mass is 9.90. The van der Waals surface area contributed by atoms with Gasteiger partial charge >= 0.3 is 0 Å². The molecule has 5 rings (SSSR count). The molecule has 2 aromatic carbocycles. The summed E-state index contributed by atoms with van der Waals surface area (Å²) in [7, 11) is 0. The van der Waals surface area contributed by atoms with E-state index in [1.54, 1.807) is 0 Å². The van der Waals surface area contributed by atoms with Crippen LogP contribution >= 0.6 is 24.4 Å². The molecular formula is C27H32N4OS2. The van der Waals surface area contributed by atoms with Crippen molar-refractivity contribution >= 4 is 24.4 Å². The lowest BCUT2D eigenvalue weighted by molar-refractivity contribution is 0.0853. The molecule has 0 radical (unpaired) electrons. The summed E-state index contributed by atoms with van der Waals surface area (Å²) in [6.07, 6.45) is 8.24.